The van der Waals surface area contributed by atoms with E-state index in [1.54, 1.807) is 4.52 Å². The van der Waals surface area contributed by atoms with Crippen LogP contribution in [0.3, 0.4) is 0 Å². The smallest absolute Gasteiger partial charge is 0.234 e. The van der Waals surface area contributed by atoms with E-state index in [2.05, 4.69) is 31.2 Å². The molecule has 2 N–H and O–H groups in total. The maximum Gasteiger partial charge on any atom is 0.234 e. The van der Waals surface area contributed by atoms with Gasteiger partial charge in [0.15, 0.2) is 5.82 Å². The summed E-state index contributed by atoms with van der Waals surface area (Å²) >= 11 is 4.91. The zero-order valence-electron chi connectivity index (χ0n) is 9.59. The van der Waals surface area contributed by atoms with Crippen LogP contribution < -0.4 is 5.73 Å². The van der Waals surface area contributed by atoms with E-state index in [9.17, 15) is 0 Å². The predicted molar refractivity (Wildman–Crippen MR) is 75.6 cm³/mol. The van der Waals surface area contributed by atoms with Crippen molar-refractivity contribution in [3.63, 3.8) is 0 Å². The molecule has 0 aliphatic rings. The fourth-order valence-corrected chi connectivity index (χ4v) is 2.97. The van der Waals surface area contributed by atoms with Crippen LogP contribution in [0.4, 0.5) is 5.69 Å². The Bertz CT molecular complexity index is 717. The molecule has 2 aromatic heterocycles. The third-order valence-corrected chi connectivity index (χ3v) is 4.28. The van der Waals surface area contributed by atoms with Crippen molar-refractivity contribution in [2.45, 2.75) is 13.3 Å². The maximum absolute atomic E-state index is 6.05. The molecule has 2 heterocycles. The molecule has 0 bridgehead atoms. The largest absolute Gasteiger partial charge is 0.397 e. The van der Waals surface area contributed by atoms with E-state index in [4.69, 9.17) is 5.73 Å². The minimum Gasteiger partial charge on any atom is -0.397 e. The van der Waals surface area contributed by atoms with Crippen LogP contribution in [-0.2, 0) is 6.42 Å². The van der Waals surface area contributed by atoms with Crippen molar-refractivity contribution in [1.29, 1.82) is 0 Å². The molecule has 92 valence electrons. The van der Waals surface area contributed by atoms with Crippen molar-refractivity contribution in [1.82, 2.24) is 19.8 Å². The second kappa shape index (κ2) is 4.33. The van der Waals surface area contributed by atoms with Gasteiger partial charge in [0.05, 0.1) is 5.69 Å². The Labute approximate surface area is 116 Å². The van der Waals surface area contributed by atoms with Gasteiger partial charge in [0.25, 0.3) is 0 Å². The summed E-state index contributed by atoms with van der Waals surface area (Å²) in [7, 11) is 0. The number of hydrogen-bond donors (Lipinski definition) is 1. The molecule has 0 atom stereocenters. The molecular weight excluding hydrogens is 314 g/mol. The van der Waals surface area contributed by atoms with Gasteiger partial charge in [0, 0.05) is 16.5 Å². The van der Waals surface area contributed by atoms with Crippen LogP contribution in [0.2, 0.25) is 0 Å². The second-order valence-corrected chi connectivity index (χ2v) is 5.58. The lowest BCUT2D eigenvalue weighted by molar-refractivity contribution is 0.838. The van der Waals surface area contributed by atoms with Gasteiger partial charge >= 0.3 is 0 Å². The van der Waals surface area contributed by atoms with Crippen LogP contribution in [0.5, 0.6) is 0 Å². The lowest BCUT2D eigenvalue weighted by Gasteiger charge is -2.02. The van der Waals surface area contributed by atoms with Crippen molar-refractivity contribution in [3.8, 4) is 10.6 Å². The summed E-state index contributed by atoms with van der Waals surface area (Å²) in [6.45, 7) is 2.03. The quantitative estimate of drug-likeness (QED) is 0.736. The molecule has 0 radical (unpaired) electrons. The van der Waals surface area contributed by atoms with Crippen molar-refractivity contribution >= 4 is 37.9 Å². The molecular formula is C11H10BrN5S. The molecule has 0 amide bonds. The number of nitrogens with zero attached hydrogens (tertiary/aromatic N) is 4. The first kappa shape index (κ1) is 11.6. The van der Waals surface area contributed by atoms with E-state index in [1.165, 1.54) is 11.3 Å². The molecule has 18 heavy (non-hydrogen) atoms. The third-order valence-electron chi connectivity index (χ3n) is 2.65. The number of aromatic nitrogens is 4. The number of aryl methyl sites for hydroxylation is 1. The zero-order valence-corrected chi connectivity index (χ0v) is 12.0. The van der Waals surface area contributed by atoms with Crippen LogP contribution in [0.25, 0.3) is 15.5 Å². The maximum atomic E-state index is 6.05. The van der Waals surface area contributed by atoms with E-state index in [0.29, 0.717) is 5.69 Å². The summed E-state index contributed by atoms with van der Waals surface area (Å²) in [6.07, 6.45) is 0.804. The van der Waals surface area contributed by atoms with Gasteiger partial charge in [-0.2, -0.15) is 9.61 Å². The van der Waals surface area contributed by atoms with E-state index in [1.807, 2.05) is 25.1 Å². The van der Waals surface area contributed by atoms with Gasteiger partial charge in [0.2, 0.25) is 4.96 Å². The molecule has 0 spiro atoms. The summed E-state index contributed by atoms with van der Waals surface area (Å²) in [5.74, 6) is 0.862. The van der Waals surface area contributed by atoms with E-state index in [-0.39, 0.29) is 0 Å². The molecule has 1 aromatic carbocycles. The highest BCUT2D eigenvalue weighted by atomic mass is 79.9. The number of nitrogens with two attached hydrogens (primary N) is 1. The zero-order chi connectivity index (χ0) is 12.7. The summed E-state index contributed by atoms with van der Waals surface area (Å²) in [4.78, 5) is 0.793. The van der Waals surface area contributed by atoms with Crippen LogP contribution >= 0.6 is 27.3 Å². The highest BCUT2D eigenvalue weighted by Crippen LogP contribution is 2.34. The standard InChI is InChI=1S/C11H10BrN5S/c1-2-8-14-15-11-17(8)16-10(18-11)6-4-3-5-7(12)9(6)13/h3-5H,2,13H2,1H3. The van der Waals surface area contributed by atoms with Crippen molar-refractivity contribution < 1.29 is 0 Å². The number of hydrogen-bond acceptors (Lipinski definition) is 5. The number of para-hydroxylation sites is 1. The molecule has 3 aromatic rings. The van der Waals surface area contributed by atoms with Crippen LogP contribution in [-0.4, -0.2) is 19.8 Å². The van der Waals surface area contributed by atoms with Crippen molar-refractivity contribution in [3.05, 3.63) is 28.5 Å². The Kier molecular flexibility index (Phi) is 2.79. The number of nitrogen functional groups attached to an aromatic ring is 1. The minimum atomic E-state index is 0.695. The molecule has 0 unspecified atom stereocenters. The first-order chi connectivity index (χ1) is 8.70. The van der Waals surface area contributed by atoms with Crippen LogP contribution in [0.1, 0.15) is 12.7 Å². The number of benzene rings is 1. The average molecular weight is 324 g/mol. The van der Waals surface area contributed by atoms with Gasteiger partial charge in [0.1, 0.15) is 5.01 Å². The highest BCUT2D eigenvalue weighted by molar-refractivity contribution is 9.10. The summed E-state index contributed by atoms with van der Waals surface area (Å²) < 4.78 is 2.65. The molecule has 5 nitrogen and oxygen atoms in total. The SMILES string of the molecule is CCc1nnc2sc(-c3cccc(Br)c3N)nn12. The summed E-state index contributed by atoms with van der Waals surface area (Å²) in [6, 6.07) is 5.81. The Morgan fingerprint density at radius 1 is 1.39 bits per heavy atom. The van der Waals surface area contributed by atoms with E-state index in [0.717, 1.165) is 32.2 Å². The molecule has 0 aliphatic heterocycles. The Hall–Kier alpha value is -1.47. The number of anilines is 1. The minimum absolute atomic E-state index is 0.695. The predicted octanol–water partition coefficient (Wildman–Crippen LogP) is 2.76. The molecule has 0 aliphatic carbocycles. The Morgan fingerprint density at radius 3 is 3.00 bits per heavy atom. The van der Waals surface area contributed by atoms with E-state index >= 15 is 0 Å². The van der Waals surface area contributed by atoms with Gasteiger partial charge in [-0.05, 0) is 28.1 Å². The number of halogens is 1. The van der Waals surface area contributed by atoms with Gasteiger partial charge < -0.3 is 5.73 Å². The summed E-state index contributed by atoms with van der Waals surface area (Å²) in [5, 5.41) is 13.6. The van der Waals surface area contributed by atoms with Crippen molar-refractivity contribution in [2.75, 3.05) is 5.73 Å². The normalized spacial score (nSPS) is 11.2. The summed E-state index contributed by atoms with van der Waals surface area (Å²) in [5.41, 5.74) is 7.66. The second-order valence-electron chi connectivity index (χ2n) is 3.77. The molecule has 0 saturated carbocycles. The van der Waals surface area contributed by atoms with Crippen LogP contribution in [0, 0.1) is 0 Å². The van der Waals surface area contributed by atoms with Gasteiger partial charge in [-0.1, -0.05) is 24.3 Å². The lowest BCUT2D eigenvalue weighted by Crippen LogP contribution is -1.95. The van der Waals surface area contributed by atoms with Crippen LogP contribution in [0.15, 0.2) is 22.7 Å². The molecule has 3 rings (SSSR count). The Balaban J connectivity index is 2.19. The monoisotopic (exact) mass is 323 g/mol. The molecule has 7 heteroatoms. The fraction of sp³-hybridized carbons (Fsp3) is 0.182. The van der Waals surface area contributed by atoms with Crippen molar-refractivity contribution in [2.24, 2.45) is 0 Å². The fourth-order valence-electron chi connectivity index (χ4n) is 1.71. The highest BCUT2D eigenvalue weighted by Gasteiger charge is 2.14. The average Bonchev–Trinajstić information content (AvgIpc) is 2.92. The molecule has 0 fully saturated rings. The Morgan fingerprint density at radius 2 is 2.22 bits per heavy atom. The lowest BCUT2D eigenvalue weighted by atomic mass is 10.2. The third kappa shape index (κ3) is 1.70. The van der Waals surface area contributed by atoms with Gasteiger partial charge in [-0.15, -0.1) is 10.2 Å². The molecule has 0 saturated heterocycles. The van der Waals surface area contributed by atoms with Gasteiger partial charge in [-0.25, -0.2) is 0 Å². The number of fused-ring (bicyclic) bond motifs is 1. The first-order valence-electron chi connectivity index (χ1n) is 5.46. The van der Waals surface area contributed by atoms with Gasteiger partial charge in [-0.3, -0.25) is 0 Å². The topological polar surface area (TPSA) is 69.1 Å². The van der Waals surface area contributed by atoms with E-state index < -0.39 is 0 Å². The first-order valence-corrected chi connectivity index (χ1v) is 7.07. The number of rotatable bonds is 2.